The van der Waals surface area contributed by atoms with E-state index in [1.807, 2.05) is 0 Å². The molecular formula is C6H9ClO6. The fourth-order valence-corrected chi connectivity index (χ4v) is 0.872. The van der Waals surface area contributed by atoms with Crippen molar-refractivity contribution in [3.05, 3.63) is 0 Å². The van der Waals surface area contributed by atoms with Crippen molar-refractivity contribution in [2.45, 2.75) is 25.7 Å². The molecule has 0 bridgehead atoms. The number of carbonyl (C=O) groups excluding carboxylic acids is 1. The number of halogens is 1. The molecule has 0 fully saturated rings. The van der Waals surface area contributed by atoms with Gasteiger partial charge in [-0.05, 0) is 12.8 Å². The van der Waals surface area contributed by atoms with Gasteiger partial charge in [0.1, 0.15) is 0 Å². The molecular weight excluding hydrogens is 204 g/mol. The third kappa shape index (κ3) is 9.06. The number of unbranched alkanes of at least 4 members (excludes halogenated alkanes) is 1. The van der Waals surface area contributed by atoms with Gasteiger partial charge in [0, 0.05) is 6.42 Å². The zero-order valence-corrected chi connectivity index (χ0v) is 7.45. The minimum absolute atomic E-state index is 0.0370. The lowest BCUT2D eigenvalue weighted by atomic mass is 10.2. The maximum absolute atomic E-state index is 10.5. The van der Waals surface area contributed by atoms with E-state index >= 15 is 0 Å². The SMILES string of the molecule is O=C(O)CCCCC(=O)O[Cl+2]([O-])[O-]. The molecule has 0 aliphatic heterocycles. The Morgan fingerprint density at radius 2 is 1.77 bits per heavy atom. The number of hydrogen-bond acceptors (Lipinski definition) is 5. The van der Waals surface area contributed by atoms with Crippen molar-refractivity contribution in [1.29, 1.82) is 0 Å². The van der Waals surface area contributed by atoms with Crippen molar-refractivity contribution >= 4 is 11.9 Å². The summed E-state index contributed by atoms with van der Waals surface area (Å²) in [6, 6.07) is 0. The molecule has 0 heterocycles. The summed E-state index contributed by atoms with van der Waals surface area (Å²) in [5, 5.41) is 8.21. The van der Waals surface area contributed by atoms with E-state index in [9.17, 15) is 18.9 Å². The zero-order chi connectivity index (χ0) is 10.3. The molecule has 0 unspecified atom stereocenters. The van der Waals surface area contributed by atoms with Gasteiger partial charge in [-0.25, -0.2) is 4.79 Å². The largest absolute Gasteiger partial charge is 0.481 e. The highest BCUT2D eigenvalue weighted by atomic mass is 35.6. The second-order valence-corrected chi connectivity index (χ2v) is 2.77. The third-order valence-electron chi connectivity index (χ3n) is 1.17. The Morgan fingerprint density at radius 1 is 1.23 bits per heavy atom. The molecule has 0 aromatic carbocycles. The summed E-state index contributed by atoms with van der Waals surface area (Å²) in [6.07, 6.45) is 0.499. The number of aliphatic carboxylic acids is 1. The molecule has 7 heteroatoms. The monoisotopic (exact) mass is 212 g/mol. The lowest BCUT2D eigenvalue weighted by Gasteiger charge is -1.95. The molecule has 0 spiro atoms. The third-order valence-corrected chi connectivity index (χ3v) is 1.47. The van der Waals surface area contributed by atoms with Crippen LogP contribution in [0.1, 0.15) is 25.7 Å². The molecule has 0 saturated carbocycles. The highest BCUT2D eigenvalue weighted by Crippen LogP contribution is 2.01. The molecule has 6 nitrogen and oxygen atoms in total. The lowest BCUT2D eigenvalue weighted by Crippen LogP contribution is -2.36. The molecule has 0 aliphatic rings. The number of carboxylic acid groups (broad SMARTS) is 1. The van der Waals surface area contributed by atoms with Crippen molar-refractivity contribution in [3.63, 3.8) is 0 Å². The average Bonchev–Trinajstić information content (AvgIpc) is 1.96. The number of hydrogen-bond donors (Lipinski definition) is 1. The standard InChI is InChI=1S/C6H9ClO6/c8-5(9)3-1-2-4-6(10)13-7(11)12/h1-4H2,(H,8,9). The molecule has 76 valence electrons. The smallest absolute Gasteiger partial charge is 0.421 e. The molecule has 1 N–H and O–H groups in total. The Labute approximate surface area is 77.5 Å². The highest BCUT2D eigenvalue weighted by molar-refractivity contribution is 5.69. The normalized spacial score (nSPS) is 10.1. The van der Waals surface area contributed by atoms with E-state index in [1.165, 1.54) is 0 Å². The zero-order valence-electron chi connectivity index (χ0n) is 6.69. The molecule has 0 radical (unpaired) electrons. The predicted octanol–water partition coefficient (Wildman–Crippen LogP) is -1.74. The second kappa shape index (κ2) is 6.64. The summed E-state index contributed by atoms with van der Waals surface area (Å²) in [5.74, 6) is -1.82. The van der Waals surface area contributed by atoms with Gasteiger partial charge in [0.25, 0.3) is 0 Å². The topological polar surface area (TPSA) is 110 Å². The molecule has 0 saturated heterocycles. The summed E-state index contributed by atoms with van der Waals surface area (Å²) in [7, 11) is -2.51. The predicted molar refractivity (Wildman–Crippen MR) is 32.2 cm³/mol. The Hall–Kier alpha value is -0.850. The highest BCUT2D eigenvalue weighted by Gasteiger charge is 2.16. The average molecular weight is 213 g/mol. The van der Waals surface area contributed by atoms with E-state index in [2.05, 4.69) is 4.29 Å². The van der Waals surface area contributed by atoms with Crippen molar-refractivity contribution < 1.29 is 39.1 Å². The Balaban J connectivity index is 3.32. The quantitative estimate of drug-likeness (QED) is 0.524. The van der Waals surface area contributed by atoms with Gasteiger partial charge in [-0.2, -0.15) is 0 Å². The van der Waals surface area contributed by atoms with Crippen LogP contribution in [0.15, 0.2) is 0 Å². The first-order chi connectivity index (χ1) is 6.02. The lowest BCUT2D eigenvalue weighted by molar-refractivity contribution is -1.62. The Kier molecular flexibility index (Phi) is 6.21. The Morgan fingerprint density at radius 3 is 2.23 bits per heavy atom. The van der Waals surface area contributed by atoms with Crippen LogP contribution >= 0.6 is 0 Å². The maximum Gasteiger partial charge on any atom is 0.421 e. The van der Waals surface area contributed by atoms with Gasteiger partial charge in [-0.3, -0.25) is 4.79 Å². The van der Waals surface area contributed by atoms with Gasteiger partial charge in [0.2, 0.25) is 0 Å². The molecule has 13 heavy (non-hydrogen) atoms. The Bertz CT molecular complexity index is 180. The summed E-state index contributed by atoms with van der Waals surface area (Å²) in [6.45, 7) is 0. The molecule has 0 aliphatic carbocycles. The first kappa shape index (κ1) is 12.2. The van der Waals surface area contributed by atoms with Crippen molar-refractivity contribution in [3.8, 4) is 0 Å². The van der Waals surface area contributed by atoms with E-state index in [0.29, 0.717) is 12.8 Å². The minimum atomic E-state index is -2.51. The van der Waals surface area contributed by atoms with Crippen LogP contribution in [0, 0.1) is 10.8 Å². The number of carbonyl (C=O) groups is 2. The van der Waals surface area contributed by atoms with Crippen LogP contribution in [0.3, 0.4) is 0 Å². The maximum atomic E-state index is 10.5. The van der Waals surface area contributed by atoms with Crippen molar-refractivity contribution in [2.75, 3.05) is 0 Å². The van der Waals surface area contributed by atoms with Crippen LogP contribution in [0.4, 0.5) is 0 Å². The number of carboxylic acids is 1. The summed E-state index contributed by atoms with van der Waals surface area (Å²) in [4.78, 5) is 20.5. The van der Waals surface area contributed by atoms with Crippen LogP contribution in [0.25, 0.3) is 0 Å². The van der Waals surface area contributed by atoms with Crippen LogP contribution in [-0.2, 0) is 13.9 Å². The molecule has 0 rings (SSSR count). The van der Waals surface area contributed by atoms with Gasteiger partial charge >= 0.3 is 22.7 Å². The van der Waals surface area contributed by atoms with Gasteiger partial charge in [0.05, 0.1) is 6.42 Å². The van der Waals surface area contributed by atoms with E-state index in [0.717, 1.165) is 0 Å². The fourth-order valence-electron chi connectivity index (χ4n) is 0.654. The minimum Gasteiger partial charge on any atom is -0.481 e. The van der Waals surface area contributed by atoms with Gasteiger partial charge in [0.15, 0.2) is 0 Å². The van der Waals surface area contributed by atoms with E-state index in [-0.39, 0.29) is 12.8 Å². The van der Waals surface area contributed by atoms with E-state index in [1.54, 1.807) is 0 Å². The van der Waals surface area contributed by atoms with Crippen LogP contribution in [0.2, 0.25) is 0 Å². The summed E-state index contributed by atoms with van der Waals surface area (Å²) >= 11 is 0. The molecule has 0 aromatic rings. The van der Waals surface area contributed by atoms with E-state index in [4.69, 9.17) is 5.11 Å². The van der Waals surface area contributed by atoms with Crippen molar-refractivity contribution in [1.82, 2.24) is 0 Å². The number of rotatable bonds is 6. The van der Waals surface area contributed by atoms with Crippen LogP contribution in [-0.4, -0.2) is 17.0 Å². The second-order valence-electron chi connectivity index (χ2n) is 2.24. The summed E-state index contributed by atoms with van der Waals surface area (Å²) < 4.78 is 23.3. The molecule has 0 atom stereocenters. The fraction of sp³-hybridized carbons (Fsp3) is 0.667. The molecule has 0 amide bonds. The molecule has 0 aromatic heterocycles. The summed E-state index contributed by atoms with van der Waals surface area (Å²) in [5.41, 5.74) is 0. The van der Waals surface area contributed by atoms with Gasteiger partial charge in [-0.1, -0.05) is 4.29 Å². The first-order valence-electron chi connectivity index (χ1n) is 3.51. The van der Waals surface area contributed by atoms with E-state index < -0.39 is 22.7 Å². The van der Waals surface area contributed by atoms with Crippen LogP contribution < -0.4 is 9.32 Å². The first-order valence-corrected chi connectivity index (χ1v) is 4.43. The van der Waals surface area contributed by atoms with Crippen molar-refractivity contribution in [2.24, 2.45) is 0 Å². The van der Waals surface area contributed by atoms with Crippen LogP contribution in [0.5, 0.6) is 0 Å². The van der Waals surface area contributed by atoms with Gasteiger partial charge in [-0.15, -0.1) is 0 Å². The van der Waals surface area contributed by atoms with Gasteiger partial charge < -0.3 is 14.4 Å².